The molecule has 5 heteroatoms. The summed E-state index contributed by atoms with van der Waals surface area (Å²) in [7, 11) is 0. The predicted molar refractivity (Wildman–Crippen MR) is 72.5 cm³/mol. The van der Waals surface area contributed by atoms with Crippen LogP contribution >= 0.6 is 0 Å². The van der Waals surface area contributed by atoms with E-state index in [9.17, 15) is 19.1 Å². The lowest BCUT2D eigenvalue weighted by molar-refractivity contribution is 0.103. The topological polar surface area (TPSA) is 80.4 Å². The molecule has 0 fully saturated rings. The maximum Gasteiger partial charge on any atom is 0.193 e. The second-order valence-electron chi connectivity index (χ2n) is 4.35. The standard InChI is InChI=1S/C15H12FNO3/c1-8-12(6-10(7-18)13(17)14(8)19)15(20)9-2-4-11(16)5-3-9/h2-7,19H,17H2,1H3. The van der Waals surface area contributed by atoms with Crippen molar-refractivity contribution in [1.82, 2.24) is 0 Å². The number of halogens is 1. The zero-order valence-electron chi connectivity index (χ0n) is 10.7. The van der Waals surface area contributed by atoms with Gasteiger partial charge in [-0.2, -0.15) is 0 Å². The van der Waals surface area contributed by atoms with E-state index < -0.39 is 11.6 Å². The number of hydrogen-bond donors (Lipinski definition) is 2. The van der Waals surface area contributed by atoms with Crippen molar-refractivity contribution in [2.24, 2.45) is 0 Å². The van der Waals surface area contributed by atoms with Crippen LogP contribution in [-0.4, -0.2) is 17.2 Å². The van der Waals surface area contributed by atoms with E-state index in [1.807, 2.05) is 0 Å². The molecule has 0 spiro atoms. The van der Waals surface area contributed by atoms with Crippen molar-refractivity contribution in [2.45, 2.75) is 6.92 Å². The highest BCUT2D eigenvalue weighted by molar-refractivity contribution is 6.11. The second kappa shape index (κ2) is 5.13. The molecule has 0 saturated carbocycles. The van der Waals surface area contributed by atoms with Gasteiger partial charge < -0.3 is 10.8 Å². The third-order valence-electron chi connectivity index (χ3n) is 3.10. The molecule has 0 atom stereocenters. The van der Waals surface area contributed by atoms with E-state index in [1.165, 1.54) is 37.3 Å². The van der Waals surface area contributed by atoms with Crippen LogP contribution in [-0.2, 0) is 0 Å². The Labute approximate surface area is 114 Å². The van der Waals surface area contributed by atoms with Crippen LogP contribution in [0.15, 0.2) is 30.3 Å². The largest absolute Gasteiger partial charge is 0.505 e. The summed E-state index contributed by atoms with van der Waals surface area (Å²) in [6, 6.07) is 6.33. The molecule has 2 rings (SSSR count). The molecule has 0 aliphatic rings. The van der Waals surface area contributed by atoms with Gasteiger partial charge in [-0.3, -0.25) is 9.59 Å². The van der Waals surface area contributed by atoms with E-state index in [0.29, 0.717) is 6.29 Å². The quantitative estimate of drug-likeness (QED) is 0.389. The molecular formula is C15H12FNO3. The number of ketones is 1. The number of aldehydes is 1. The Morgan fingerprint density at radius 3 is 2.45 bits per heavy atom. The summed E-state index contributed by atoms with van der Waals surface area (Å²) >= 11 is 0. The Morgan fingerprint density at radius 1 is 1.30 bits per heavy atom. The molecule has 3 N–H and O–H groups in total. The highest BCUT2D eigenvalue weighted by atomic mass is 19.1. The summed E-state index contributed by atoms with van der Waals surface area (Å²) in [5.41, 5.74) is 6.26. The zero-order chi connectivity index (χ0) is 14.9. The van der Waals surface area contributed by atoms with Crippen LogP contribution in [0, 0.1) is 12.7 Å². The molecule has 0 aliphatic heterocycles. The van der Waals surface area contributed by atoms with Gasteiger partial charge in [0.2, 0.25) is 0 Å². The number of anilines is 1. The van der Waals surface area contributed by atoms with Crippen molar-refractivity contribution in [3.8, 4) is 5.75 Å². The van der Waals surface area contributed by atoms with Gasteiger partial charge in [0.15, 0.2) is 12.1 Å². The number of hydrogen-bond acceptors (Lipinski definition) is 4. The van der Waals surface area contributed by atoms with Gasteiger partial charge >= 0.3 is 0 Å². The van der Waals surface area contributed by atoms with E-state index in [2.05, 4.69) is 0 Å². The van der Waals surface area contributed by atoms with Crippen molar-refractivity contribution in [3.05, 3.63) is 58.4 Å². The predicted octanol–water partition coefficient (Wildman–Crippen LogP) is 2.47. The number of phenols is 1. The van der Waals surface area contributed by atoms with Gasteiger partial charge in [-0.1, -0.05) is 0 Å². The van der Waals surface area contributed by atoms with E-state index in [0.717, 1.165) is 0 Å². The highest BCUT2D eigenvalue weighted by Gasteiger charge is 2.18. The smallest absolute Gasteiger partial charge is 0.193 e. The van der Waals surface area contributed by atoms with Crippen LogP contribution < -0.4 is 5.73 Å². The van der Waals surface area contributed by atoms with Crippen LogP contribution in [0.1, 0.15) is 31.8 Å². The molecule has 0 amide bonds. The Hall–Kier alpha value is -2.69. The number of nitrogen functional groups attached to an aromatic ring is 1. The van der Waals surface area contributed by atoms with Gasteiger partial charge in [0.1, 0.15) is 11.6 Å². The van der Waals surface area contributed by atoms with Gasteiger partial charge in [0.25, 0.3) is 0 Å². The fourth-order valence-corrected chi connectivity index (χ4v) is 1.90. The lowest BCUT2D eigenvalue weighted by Gasteiger charge is -2.11. The lowest BCUT2D eigenvalue weighted by Crippen LogP contribution is -2.07. The number of rotatable bonds is 3. The molecule has 0 aliphatic carbocycles. The van der Waals surface area contributed by atoms with Gasteiger partial charge in [-0.25, -0.2) is 4.39 Å². The molecule has 2 aromatic carbocycles. The summed E-state index contributed by atoms with van der Waals surface area (Å²) in [6.45, 7) is 1.52. The van der Waals surface area contributed by atoms with Crippen molar-refractivity contribution < 1.29 is 19.1 Å². The average molecular weight is 273 g/mol. The molecule has 4 nitrogen and oxygen atoms in total. The first-order valence-corrected chi connectivity index (χ1v) is 5.83. The fourth-order valence-electron chi connectivity index (χ4n) is 1.90. The van der Waals surface area contributed by atoms with Crippen molar-refractivity contribution >= 4 is 17.8 Å². The second-order valence-corrected chi connectivity index (χ2v) is 4.35. The van der Waals surface area contributed by atoms with Crippen LogP contribution in [0.2, 0.25) is 0 Å². The molecular weight excluding hydrogens is 261 g/mol. The first kappa shape index (κ1) is 13.7. The number of carbonyl (C=O) groups is 2. The molecule has 102 valence electrons. The Kier molecular flexibility index (Phi) is 3.52. The molecule has 20 heavy (non-hydrogen) atoms. The van der Waals surface area contributed by atoms with E-state index in [1.54, 1.807) is 0 Å². The molecule has 0 unspecified atom stereocenters. The first-order valence-electron chi connectivity index (χ1n) is 5.83. The molecule has 0 aromatic heterocycles. The number of phenolic OH excluding ortho intramolecular Hbond substituents is 1. The molecule has 2 aromatic rings. The van der Waals surface area contributed by atoms with Gasteiger partial charge in [0, 0.05) is 22.3 Å². The van der Waals surface area contributed by atoms with Crippen LogP contribution in [0.25, 0.3) is 0 Å². The van der Waals surface area contributed by atoms with Crippen LogP contribution in [0.3, 0.4) is 0 Å². The number of aromatic hydroxyl groups is 1. The molecule has 0 heterocycles. The van der Waals surface area contributed by atoms with Crippen LogP contribution in [0.5, 0.6) is 5.75 Å². The van der Waals surface area contributed by atoms with Crippen molar-refractivity contribution in [1.29, 1.82) is 0 Å². The maximum absolute atomic E-state index is 12.9. The number of nitrogens with two attached hydrogens (primary N) is 1. The Bertz CT molecular complexity index is 693. The normalized spacial score (nSPS) is 10.3. The number of carbonyl (C=O) groups excluding carboxylic acids is 2. The highest BCUT2D eigenvalue weighted by Crippen LogP contribution is 2.31. The minimum absolute atomic E-state index is 0.0403. The summed E-state index contributed by atoms with van der Waals surface area (Å²) < 4.78 is 12.9. The SMILES string of the molecule is Cc1c(C(=O)c2ccc(F)cc2)cc(C=O)c(N)c1O. The van der Waals surface area contributed by atoms with E-state index in [-0.39, 0.29) is 33.7 Å². The first-order chi connectivity index (χ1) is 9.45. The van der Waals surface area contributed by atoms with E-state index >= 15 is 0 Å². The van der Waals surface area contributed by atoms with Gasteiger partial charge in [-0.05, 0) is 37.3 Å². The average Bonchev–Trinajstić information content (AvgIpc) is 2.45. The van der Waals surface area contributed by atoms with Crippen molar-refractivity contribution in [3.63, 3.8) is 0 Å². The summed E-state index contributed by atoms with van der Waals surface area (Å²) in [4.78, 5) is 23.2. The molecule has 0 saturated heterocycles. The minimum Gasteiger partial charge on any atom is -0.505 e. The van der Waals surface area contributed by atoms with Gasteiger partial charge in [0.05, 0.1) is 5.69 Å². The zero-order valence-corrected chi connectivity index (χ0v) is 10.7. The van der Waals surface area contributed by atoms with Crippen LogP contribution in [0.4, 0.5) is 10.1 Å². The van der Waals surface area contributed by atoms with Gasteiger partial charge in [-0.15, -0.1) is 0 Å². The summed E-state index contributed by atoms with van der Waals surface area (Å²) in [5, 5.41) is 9.84. The summed E-state index contributed by atoms with van der Waals surface area (Å²) in [5.74, 6) is -1.16. The molecule has 0 bridgehead atoms. The molecule has 0 radical (unpaired) electrons. The maximum atomic E-state index is 12.9. The van der Waals surface area contributed by atoms with Crippen molar-refractivity contribution in [2.75, 3.05) is 5.73 Å². The Balaban J connectivity index is 2.57. The summed E-state index contributed by atoms with van der Waals surface area (Å²) in [6.07, 6.45) is 0.468. The van der Waals surface area contributed by atoms with E-state index in [4.69, 9.17) is 5.73 Å². The third kappa shape index (κ3) is 2.25. The minimum atomic E-state index is -0.452. The lowest BCUT2D eigenvalue weighted by atomic mass is 9.95. The third-order valence-corrected chi connectivity index (χ3v) is 3.10. The fraction of sp³-hybridized carbons (Fsp3) is 0.0667. The number of benzene rings is 2. The monoisotopic (exact) mass is 273 g/mol. The Morgan fingerprint density at radius 2 is 1.90 bits per heavy atom.